The van der Waals surface area contributed by atoms with E-state index in [2.05, 4.69) is 0 Å². The summed E-state index contributed by atoms with van der Waals surface area (Å²) in [5.41, 5.74) is 2.09. The molecule has 0 saturated carbocycles. The van der Waals surface area contributed by atoms with Crippen molar-refractivity contribution in [2.24, 2.45) is 0 Å². The zero-order valence-electron chi connectivity index (χ0n) is 6.43. The van der Waals surface area contributed by atoms with Gasteiger partial charge in [0.2, 0.25) is 0 Å². The minimum absolute atomic E-state index is 0.454. The molecule has 0 aliphatic heterocycles. The number of hydrogen-bond acceptors (Lipinski definition) is 0. The lowest BCUT2D eigenvalue weighted by molar-refractivity contribution is 1.10. The van der Waals surface area contributed by atoms with Gasteiger partial charge in [-0.1, -0.05) is 24.3 Å². The van der Waals surface area contributed by atoms with Crippen molar-refractivity contribution in [1.29, 1.82) is 0 Å². The molecule has 0 N–H and O–H groups in total. The van der Waals surface area contributed by atoms with Crippen LogP contribution in [0.2, 0.25) is 0 Å². The van der Waals surface area contributed by atoms with Crippen LogP contribution in [-0.4, -0.2) is 5.88 Å². The zero-order valence-corrected chi connectivity index (χ0v) is 8.70. The third kappa shape index (κ3) is 2.55. The molecule has 0 fully saturated rings. The Morgan fingerprint density at radius 2 is 1.83 bits per heavy atom. The van der Waals surface area contributed by atoms with Gasteiger partial charge in [-0.05, 0) is 17.5 Å². The molecule has 66 valence electrons. The number of halogens is 3. The quantitative estimate of drug-likeness (QED) is 0.681. The van der Waals surface area contributed by atoms with E-state index in [-0.39, 0.29) is 0 Å². The molecule has 0 saturated heterocycles. The molecule has 0 spiro atoms. The highest BCUT2D eigenvalue weighted by molar-refractivity contribution is 6.44. The fourth-order valence-electron chi connectivity index (χ4n) is 1.08. The molecular formula is C9H9Cl3. The van der Waals surface area contributed by atoms with Crippen LogP contribution in [0.5, 0.6) is 0 Å². The minimum Gasteiger partial charge on any atom is -0.126 e. The fourth-order valence-corrected chi connectivity index (χ4v) is 1.71. The molecule has 0 atom stereocenters. The molecular weight excluding hydrogens is 214 g/mol. The second-order valence-corrected chi connectivity index (χ2v) is 3.91. The molecule has 0 aromatic heterocycles. The van der Waals surface area contributed by atoms with Crippen LogP contribution in [0.3, 0.4) is 0 Å². The Kier molecular flexibility index (Phi) is 4.20. The van der Waals surface area contributed by atoms with Crippen LogP contribution in [0.25, 0.3) is 0 Å². The number of aryl methyl sites for hydroxylation is 1. The van der Waals surface area contributed by atoms with Gasteiger partial charge < -0.3 is 0 Å². The van der Waals surface area contributed by atoms with Crippen LogP contribution in [0.15, 0.2) is 24.3 Å². The van der Waals surface area contributed by atoms with Crippen molar-refractivity contribution < 1.29 is 0 Å². The average Bonchev–Trinajstić information content (AvgIpc) is 2.05. The zero-order chi connectivity index (χ0) is 8.97. The fraction of sp³-hybridized carbons (Fsp3) is 0.333. The highest BCUT2D eigenvalue weighted by atomic mass is 35.5. The van der Waals surface area contributed by atoms with Gasteiger partial charge in [-0.3, -0.25) is 0 Å². The van der Waals surface area contributed by atoms with Crippen LogP contribution < -0.4 is 0 Å². The van der Waals surface area contributed by atoms with E-state index in [4.69, 9.17) is 34.8 Å². The summed E-state index contributed by atoms with van der Waals surface area (Å²) in [6.07, 6.45) is 0.813. The van der Waals surface area contributed by atoms with Crippen LogP contribution in [-0.2, 0) is 6.42 Å². The predicted octanol–water partition coefficient (Wildman–Crippen LogP) is 3.94. The van der Waals surface area contributed by atoms with E-state index in [0.717, 1.165) is 17.5 Å². The molecule has 0 unspecified atom stereocenters. The van der Waals surface area contributed by atoms with Gasteiger partial charge in [-0.25, -0.2) is 0 Å². The second-order valence-electron chi connectivity index (χ2n) is 2.44. The molecule has 0 aliphatic carbocycles. The maximum Gasteiger partial charge on any atom is 0.133 e. The van der Waals surface area contributed by atoms with Crippen molar-refractivity contribution in [2.75, 3.05) is 5.88 Å². The van der Waals surface area contributed by atoms with Crippen LogP contribution >= 0.6 is 34.8 Å². The molecule has 3 heteroatoms. The van der Waals surface area contributed by atoms with Crippen molar-refractivity contribution >= 4 is 34.8 Å². The number of alkyl halides is 3. The number of benzene rings is 1. The smallest absolute Gasteiger partial charge is 0.126 e. The summed E-state index contributed by atoms with van der Waals surface area (Å²) in [7, 11) is 0. The molecule has 0 radical (unpaired) electrons. The first-order valence-electron chi connectivity index (χ1n) is 3.67. The standard InChI is InChI=1S/C9H9Cl3/c10-6-5-7-3-1-2-4-8(7)9(11)12/h1-4,9H,5-6H2. The Hall–Kier alpha value is 0.0900. The van der Waals surface area contributed by atoms with Gasteiger partial charge in [0.05, 0.1) is 0 Å². The van der Waals surface area contributed by atoms with Crippen LogP contribution in [0, 0.1) is 0 Å². The van der Waals surface area contributed by atoms with E-state index in [0.29, 0.717) is 5.88 Å². The van der Waals surface area contributed by atoms with Gasteiger partial charge in [-0.2, -0.15) is 0 Å². The number of hydrogen-bond donors (Lipinski definition) is 0. The average molecular weight is 224 g/mol. The van der Waals surface area contributed by atoms with E-state index in [1.807, 2.05) is 24.3 Å². The first-order chi connectivity index (χ1) is 5.75. The van der Waals surface area contributed by atoms with E-state index in [9.17, 15) is 0 Å². The highest BCUT2D eigenvalue weighted by Gasteiger charge is 2.07. The van der Waals surface area contributed by atoms with Gasteiger partial charge in [0.25, 0.3) is 0 Å². The van der Waals surface area contributed by atoms with Gasteiger partial charge in [0.1, 0.15) is 4.84 Å². The molecule has 0 aliphatic rings. The summed E-state index contributed by atoms with van der Waals surface area (Å²) in [6.45, 7) is 0. The lowest BCUT2D eigenvalue weighted by atomic mass is 10.1. The molecule has 0 nitrogen and oxygen atoms in total. The van der Waals surface area contributed by atoms with E-state index in [1.165, 1.54) is 0 Å². The molecule has 1 aromatic rings. The lowest BCUT2D eigenvalue weighted by Crippen LogP contribution is -1.93. The first kappa shape index (κ1) is 10.2. The monoisotopic (exact) mass is 222 g/mol. The normalized spacial score (nSPS) is 10.7. The van der Waals surface area contributed by atoms with Gasteiger partial charge >= 0.3 is 0 Å². The molecule has 1 aromatic carbocycles. The third-order valence-corrected chi connectivity index (χ3v) is 2.31. The Labute approximate surface area is 87.4 Å². The van der Waals surface area contributed by atoms with E-state index in [1.54, 1.807) is 0 Å². The Morgan fingerprint density at radius 1 is 1.17 bits per heavy atom. The summed E-state index contributed by atoms with van der Waals surface area (Å²) in [5.74, 6) is 0.595. The highest BCUT2D eigenvalue weighted by Crippen LogP contribution is 2.27. The molecule has 0 amide bonds. The summed E-state index contributed by atoms with van der Waals surface area (Å²) in [5, 5.41) is 0. The topological polar surface area (TPSA) is 0 Å². The van der Waals surface area contributed by atoms with Crippen LogP contribution in [0.1, 0.15) is 16.0 Å². The summed E-state index contributed by atoms with van der Waals surface area (Å²) in [6, 6.07) is 7.80. The van der Waals surface area contributed by atoms with Gasteiger partial charge in [0, 0.05) is 5.88 Å². The Morgan fingerprint density at radius 3 is 2.42 bits per heavy atom. The van der Waals surface area contributed by atoms with Crippen molar-refractivity contribution in [3.8, 4) is 0 Å². The maximum absolute atomic E-state index is 5.77. The van der Waals surface area contributed by atoms with Crippen LogP contribution in [0.4, 0.5) is 0 Å². The maximum atomic E-state index is 5.77. The Balaban J connectivity index is 2.92. The molecule has 1 rings (SSSR count). The van der Waals surface area contributed by atoms with Crippen molar-refractivity contribution in [1.82, 2.24) is 0 Å². The SMILES string of the molecule is ClCCc1ccccc1C(Cl)Cl. The minimum atomic E-state index is -0.454. The summed E-state index contributed by atoms with van der Waals surface area (Å²) in [4.78, 5) is -0.454. The lowest BCUT2D eigenvalue weighted by Gasteiger charge is -2.07. The van der Waals surface area contributed by atoms with Crippen molar-refractivity contribution in [2.45, 2.75) is 11.3 Å². The molecule has 0 bridgehead atoms. The number of rotatable bonds is 3. The second kappa shape index (κ2) is 4.96. The first-order valence-corrected chi connectivity index (χ1v) is 5.08. The summed E-state index contributed by atoms with van der Waals surface area (Å²) < 4.78 is 0. The van der Waals surface area contributed by atoms with E-state index >= 15 is 0 Å². The summed E-state index contributed by atoms with van der Waals surface area (Å²) >= 11 is 17.2. The van der Waals surface area contributed by atoms with Crippen molar-refractivity contribution in [3.05, 3.63) is 35.4 Å². The van der Waals surface area contributed by atoms with Crippen molar-refractivity contribution in [3.63, 3.8) is 0 Å². The van der Waals surface area contributed by atoms with E-state index < -0.39 is 4.84 Å². The Bertz CT molecular complexity index is 245. The molecule has 0 heterocycles. The van der Waals surface area contributed by atoms with Gasteiger partial charge in [-0.15, -0.1) is 34.8 Å². The molecule has 12 heavy (non-hydrogen) atoms. The largest absolute Gasteiger partial charge is 0.133 e. The predicted molar refractivity (Wildman–Crippen MR) is 55.3 cm³/mol. The third-order valence-electron chi connectivity index (χ3n) is 1.65. The van der Waals surface area contributed by atoms with Gasteiger partial charge in [0.15, 0.2) is 0 Å².